The molecule has 0 radical (unpaired) electrons. The van der Waals surface area contributed by atoms with Gasteiger partial charge in [0, 0.05) is 18.2 Å². The number of hydrogen-bond donors (Lipinski definition) is 1. The van der Waals surface area contributed by atoms with Crippen LogP contribution in [-0.4, -0.2) is 37.0 Å². The Bertz CT molecular complexity index is 818. The van der Waals surface area contributed by atoms with Gasteiger partial charge in [-0.25, -0.2) is 0 Å². The highest BCUT2D eigenvalue weighted by molar-refractivity contribution is 7.99. The Balaban J connectivity index is 1.77. The molecule has 0 spiro atoms. The number of aryl methyl sites for hydroxylation is 1. The number of rotatable bonds is 8. The molecular formula is C21H24O5S. The Morgan fingerprint density at radius 2 is 2.11 bits per heavy atom. The van der Waals surface area contributed by atoms with Crippen LogP contribution in [0.3, 0.4) is 0 Å². The monoisotopic (exact) mass is 388 g/mol. The summed E-state index contributed by atoms with van der Waals surface area (Å²) in [5, 5.41) is 9.90. The predicted molar refractivity (Wildman–Crippen MR) is 106 cm³/mol. The fourth-order valence-corrected chi connectivity index (χ4v) is 3.75. The van der Waals surface area contributed by atoms with Crippen LogP contribution in [0.15, 0.2) is 35.2 Å². The van der Waals surface area contributed by atoms with Gasteiger partial charge in [-0.15, -0.1) is 11.8 Å². The van der Waals surface area contributed by atoms with E-state index < -0.39 is 0 Å². The third-order valence-electron chi connectivity index (χ3n) is 4.29. The van der Waals surface area contributed by atoms with Crippen molar-refractivity contribution in [3.8, 4) is 23.0 Å². The molecule has 1 heterocycles. The van der Waals surface area contributed by atoms with Crippen LogP contribution in [0.4, 0.5) is 0 Å². The third kappa shape index (κ3) is 4.69. The molecule has 6 heteroatoms. The van der Waals surface area contributed by atoms with Crippen molar-refractivity contribution < 1.29 is 24.1 Å². The normalized spacial score (nSPS) is 12.8. The standard InChI is InChI=1S/C21H24O5S/c1-3-8-25-19-13-20-21(27-10-9-26-20)12-15(19)16(22)6-4-14-5-7-18(24-2)17(23)11-14/h5,7,11-13,23H,3-4,6,8-10H2,1-2H3. The molecule has 1 N–H and O–H groups in total. The molecule has 2 aromatic carbocycles. The van der Waals surface area contributed by atoms with E-state index in [2.05, 4.69) is 0 Å². The van der Waals surface area contributed by atoms with Gasteiger partial charge in [-0.05, 0) is 36.6 Å². The van der Waals surface area contributed by atoms with Gasteiger partial charge in [0.2, 0.25) is 0 Å². The van der Waals surface area contributed by atoms with Crippen molar-refractivity contribution in [2.45, 2.75) is 31.1 Å². The van der Waals surface area contributed by atoms with Gasteiger partial charge in [0.1, 0.15) is 11.5 Å². The second-order valence-corrected chi connectivity index (χ2v) is 7.41. The first kappa shape index (κ1) is 19.4. The maximum atomic E-state index is 12.9. The number of ether oxygens (including phenoxy) is 3. The van der Waals surface area contributed by atoms with E-state index in [0.29, 0.717) is 43.1 Å². The Kier molecular flexibility index (Phi) is 6.50. The van der Waals surface area contributed by atoms with Crippen molar-refractivity contribution >= 4 is 17.5 Å². The molecule has 2 aromatic rings. The van der Waals surface area contributed by atoms with Crippen LogP contribution in [-0.2, 0) is 6.42 Å². The van der Waals surface area contributed by atoms with Gasteiger partial charge < -0.3 is 19.3 Å². The number of hydrogen-bond acceptors (Lipinski definition) is 6. The number of phenols is 1. The Morgan fingerprint density at radius 3 is 2.85 bits per heavy atom. The van der Waals surface area contributed by atoms with Crippen molar-refractivity contribution in [3.63, 3.8) is 0 Å². The second kappa shape index (κ2) is 9.04. The number of thioether (sulfide) groups is 1. The Hall–Kier alpha value is -2.34. The summed E-state index contributed by atoms with van der Waals surface area (Å²) in [6, 6.07) is 8.92. The smallest absolute Gasteiger partial charge is 0.166 e. The van der Waals surface area contributed by atoms with E-state index in [0.717, 1.165) is 28.4 Å². The number of benzene rings is 2. The van der Waals surface area contributed by atoms with Crippen LogP contribution in [0.25, 0.3) is 0 Å². The van der Waals surface area contributed by atoms with Gasteiger partial charge in [0.05, 0.1) is 30.8 Å². The molecular weight excluding hydrogens is 364 g/mol. The van der Waals surface area contributed by atoms with Gasteiger partial charge >= 0.3 is 0 Å². The quantitative estimate of drug-likeness (QED) is 0.672. The van der Waals surface area contributed by atoms with Crippen LogP contribution in [0, 0.1) is 0 Å². The van der Waals surface area contributed by atoms with E-state index in [-0.39, 0.29) is 11.5 Å². The first-order valence-corrected chi connectivity index (χ1v) is 10.1. The summed E-state index contributed by atoms with van der Waals surface area (Å²) in [7, 11) is 1.51. The summed E-state index contributed by atoms with van der Waals surface area (Å²) in [4.78, 5) is 13.9. The number of Topliss-reactive ketones (excluding diaryl/α,β-unsaturated/α-hetero) is 1. The lowest BCUT2D eigenvalue weighted by Gasteiger charge is -2.20. The molecule has 144 valence electrons. The minimum atomic E-state index is 0.0189. The summed E-state index contributed by atoms with van der Waals surface area (Å²) >= 11 is 1.69. The second-order valence-electron chi connectivity index (χ2n) is 6.27. The largest absolute Gasteiger partial charge is 0.504 e. The number of ketones is 1. The molecule has 0 bridgehead atoms. The molecule has 0 fully saturated rings. The predicted octanol–water partition coefficient (Wildman–Crippen LogP) is 4.49. The fourth-order valence-electron chi connectivity index (χ4n) is 2.90. The number of carbonyl (C=O) groups is 1. The molecule has 1 aliphatic heterocycles. The molecule has 5 nitrogen and oxygen atoms in total. The molecule has 0 saturated heterocycles. The van der Waals surface area contributed by atoms with E-state index in [1.165, 1.54) is 7.11 Å². The number of carbonyl (C=O) groups excluding carboxylic acids is 1. The molecule has 27 heavy (non-hydrogen) atoms. The molecule has 1 aliphatic rings. The zero-order valence-corrected chi connectivity index (χ0v) is 16.4. The van der Waals surface area contributed by atoms with E-state index in [1.807, 2.05) is 25.1 Å². The van der Waals surface area contributed by atoms with Crippen molar-refractivity contribution in [2.24, 2.45) is 0 Å². The Labute approximate surface area is 163 Å². The van der Waals surface area contributed by atoms with Crippen LogP contribution < -0.4 is 14.2 Å². The first-order chi connectivity index (χ1) is 13.1. The lowest BCUT2D eigenvalue weighted by atomic mass is 10.0. The van der Waals surface area contributed by atoms with Crippen molar-refractivity contribution in [1.82, 2.24) is 0 Å². The SMILES string of the molecule is CCCOc1cc2c(cc1C(=O)CCc1ccc(OC)c(O)c1)SCCO2. The highest BCUT2D eigenvalue weighted by Gasteiger charge is 2.20. The average Bonchev–Trinajstić information content (AvgIpc) is 2.69. The lowest BCUT2D eigenvalue weighted by molar-refractivity contribution is 0.0978. The minimum absolute atomic E-state index is 0.0189. The number of fused-ring (bicyclic) bond motifs is 1. The topological polar surface area (TPSA) is 65.0 Å². The summed E-state index contributed by atoms with van der Waals surface area (Å²) < 4.78 is 16.6. The molecule has 0 aliphatic carbocycles. The molecule has 0 unspecified atom stereocenters. The lowest BCUT2D eigenvalue weighted by Crippen LogP contribution is -2.11. The highest BCUT2D eigenvalue weighted by atomic mass is 32.2. The molecule has 0 amide bonds. The van der Waals surface area contributed by atoms with E-state index >= 15 is 0 Å². The average molecular weight is 388 g/mol. The van der Waals surface area contributed by atoms with Crippen molar-refractivity contribution in [3.05, 3.63) is 41.5 Å². The highest BCUT2D eigenvalue weighted by Crippen LogP contribution is 2.39. The van der Waals surface area contributed by atoms with Gasteiger partial charge in [-0.3, -0.25) is 4.79 Å². The van der Waals surface area contributed by atoms with Crippen LogP contribution in [0.5, 0.6) is 23.0 Å². The molecule has 0 saturated carbocycles. The zero-order valence-electron chi connectivity index (χ0n) is 15.6. The molecule has 0 atom stereocenters. The van der Waals surface area contributed by atoms with Crippen molar-refractivity contribution in [2.75, 3.05) is 26.1 Å². The van der Waals surface area contributed by atoms with Crippen LogP contribution in [0.1, 0.15) is 35.7 Å². The number of methoxy groups -OCH3 is 1. The van der Waals surface area contributed by atoms with Gasteiger partial charge in [0.25, 0.3) is 0 Å². The zero-order chi connectivity index (χ0) is 19.2. The van der Waals surface area contributed by atoms with Gasteiger partial charge in [0.15, 0.2) is 17.3 Å². The Morgan fingerprint density at radius 1 is 1.26 bits per heavy atom. The molecule has 0 aromatic heterocycles. The fraction of sp³-hybridized carbons (Fsp3) is 0.381. The van der Waals surface area contributed by atoms with E-state index in [4.69, 9.17) is 14.2 Å². The van der Waals surface area contributed by atoms with Crippen LogP contribution in [0.2, 0.25) is 0 Å². The van der Waals surface area contributed by atoms with Crippen LogP contribution >= 0.6 is 11.8 Å². The first-order valence-electron chi connectivity index (χ1n) is 9.08. The van der Waals surface area contributed by atoms with Gasteiger partial charge in [-0.2, -0.15) is 0 Å². The van der Waals surface area contributed by atoms with Crippen molar-refractivity contribution in [1.29, 1.82) is 0 Å². The third-order valence-corrected chi connectivity index (χ3v) is 5.29. The maximum absolute atomic E-state index is 12.9. The minimum Gasteiger partial charge on any atom is -0.504 e. The summed E-state index contributed by atoms with van der Waals surface area (Å²) in [5.41, 5.74) is 1.48. The number of aromatic hydroxyl groups is 1. The molecule has 3 rings (SSSR count). The van der Waals surface area contributed by atoms with Gasteiger partial charge in [-0.1, -0.05) is 13.0 Å². The summed E-state index contributed by atoms with van der Waals surface area (Å²) in [6.45, 7) is 3.25. The maximum Gasteiger partial charge on any atom is 0.166 e. The summed E-state index contributed by atoms with van der Waals surface area (Å²) in [5.74, 6) is 2.77. The van der Waals surface area contributed by atoms with E-state index in [9.17, 15) is 9.90 Å². The number of phenolic OH excluding ortho intramolecular Hbond substituents is 1. The van der Waals surface area contributed by atoms with E-state index in [1.54, 1.807) is 23.9 Å². The summed E-state index contributed by atoms with van der Waals surface area (Å²) in [6.07, 6.45) is 1.73.